The summed E-state index contributed by atoms with van der Waals surface area (Å²) in [6.07, 6.45) is 0. The van der Waals surface area contributed by atoms with E-state index >= 15 is 0 Å². The predicted octanol–water partition coefficient (Wildman–Crippen LogP) is 1.87. The SMILES string of the molecule is [CH2]c1ccc2nsnc2c1. The van der Waals surface area contributed by atoms with Gasteiger partial charge in [-0.1, -0.05) is 6.07 Å². The van der Waals surface area contributed by atoms with Gasteiger partial charge in [-0.3, -0.25) is 0 Å². The van der Waals surface area contributed by atoms with Crippen molar-refractivity contribution in [3.8, 4) is 0 Å². The molecule has 0 unspecified atom stereocenters. The van der Waals surface area contributed by atoms with Crippen LogP contribution in [0.5, 0.6) is 0 Å². The Kier molecular flexibility index (Phi) is 1.17. The summed E-state index contributed by atoms with van der Waals surface area (Å²) < 4.78 is 8.13. The van der Waals surface area contributed by atoms with Crippen LogP contribution in [-0.4, -0.2) is 8.75 Å². The molecular weight excluding hydrogens is 144 g/mol. The first-order chi connectivity index (χ1) is 4.86. The largest absolute Gasteiger partial charge is 0.173 e. The lowest BCUT2D eigenvalue weighted by Gasteiger charge is -1.87. The van der Waals surface area contributed by atoms with Gasteiger partial charge < -0.3 is 0 Å². The summed E-state index contributed by atoms with van der Waals surface area (Å²) in [5.41, 5.74) is 2.88. The van der Waals surface area contributed by atoms with Crippen LogP contribution in [0.3, 0.4) is 0 Å². The molecule has 0 fully saturated rings. The topological polar surface area (TPSA) is 25.8 Å². The van der Waals surface area contributed by atoms with Crippen molar-refractivity contribution in [3.05, 3.63) is 30.7 Å². The highest BCUT2D eigenvalue weighted by atomic mass is 32.1. The van der Waals surface area contributed by atoms with Crippen LogP contribution in [0.25, 0.3) is 11.0 Å². The van der Waals surface area contributed by atoms with Gasteiger partial charge >= 0.3 is 0 Å². The third-order valence-corrected chi connectivity index (χ3v) is 1.87. The number of hydrogen-bond donors (Lipinski definition) is 0. The summed E-state index contributed by atoms with van der Waals surface area (Å²) in [5, 5.41) is 0. The van der Waals surface area contributed by atoms with E-state index in [4.69, 9.17) is 0 Å². The summed E-state index contributed by atoms with van der Waals surface area (Å²) in [7, 11) is 0. The molecule has 0 aliphatic carbocycles. The van der Waals surface area contributed by atoms with E-state index in [0.29, 0.717) is 0 Å². The third kappa shape index (κ3) is 0.789. The van der Waals surface area contributed by atoms with Gasteiger partial charge in [0.05, 0.1) is 11.7 Å². The monoisotopic (exact) mass is 149 g/mol. The van der Waals surface area contributed by atoms with E-state index in [1.165, 1.54) is 11.7 Å². The molecule has 1 heterocycles. The van der Waals surface area contributed by atoms with Crippen molar-refractivity contribution in [2.75, 3.05) is 0 Å². The van der Waals surface area contributed by atoms with E-state index in [1.807, 2.05) is 18.2 Å². The van der Waals surface area contributed by atoms with Crippen LogP contribution in [0.15, 0.2) is 18.2 Å². The number of aromatic nitrogens is 2. The standard InChI is InChI=1S/C7H5N2S/c1-5-2-3-6-7(4-5)9-10-8-6/h2-4H,1H2. The van der Waals surface area contributed by atoms with E-state index < -0.39 is 0 Å². The van der Waals surface area contributed by atoms with Gasteiger partial charge in [0.1, 0.15) is 11.0 Å². The average Bonchev–Trinajstić information content (AvgIpc) is 2.33. The quantitative estimate of drug-likeness (QED) is 0.571. The summed E-state index contributed by atoms with van der Waals surface area (Å²) in [4.78, 5) is 0. The molecule has 0 spiro atoms. The van der Waals surface area contributed by atoms with E-state index in [9.17, 15) is 0 Å². The zero-order valence-electron chi connectivity index (χ0n) is 5.24. The molecule has 0 saturated carbocycles. The smallest absolute Gasteiger partial charge is 0.105 e. The molecule has 0 N–H and O–H groups in total. The van der Waals surface area contributed by atoms with Crippen molar-refractivity contribution in [3.63, 3.8) is 0 Å². The first kappa shape index (κ1) is 5.80. The van der Waals surface area contributed by atoms with Gasteiger partial charge in [-0.25, -0.2) is 0 Å². The van der Waals surface area contributed by atoms with Crippen molar-refractivity contribution >= 4 is 22.8 Å². The molecule has 0 amide bonds. The van der Waals surface area contributed by atoms with Crippen LogP contribution in [0.4, 0.5) is 0 Å². The molecule has 1 aromatic heterocycles. The Morgan fingerprint density at radius 3 is 2.90 bits per heavy atom. The normalized spacial score (nSPS) is 10.5. The van der Waals surface area contributed by atoms with Gasteiger partial charge in [0, 0.05) is 0 Å². The van der Waals surface area contributed by atoms with E-state index in [2.05, 4.69) is 15.7 Å². The third-order valence-electron chi connectivity index (χ3n) is 1.32. The van der Waals surface area contributed by atoms with Gasteiger partial charge in [0.25, 0.3) is 0 Å². The van der Waals surface area contributed by atoms with Gasteiger partial charge in [-0.2, -0.15) is 8.75 Å². The summed E-state index contributed by atoms with van der Waals surface area (Å²) in [5.74, 6) is 0. The van der Waals surface area contributed by atoms with Crippen LogP contribution < -0.4 is 0 Å². The van der Waals surface area contributed by atoms with E-state index in [1.54, 1.807) is 0 Å². The molecule has 10 heavy (non-hydrogen) atoms. The lowest BCUT2D eigenvalue weighted by molar-refractivity contribution is 1.59. The van der Waals surface area contributed by atoms with Crippen molar-refractivity contribution in [2.45, 2.75) is 0 Å². The second kappa shape index (κ2) is 2.02. The Labute approximate surface area is 62.8 Å². The molecule has 0 aliphatic rings. The Morgan fingerprint density at radius 2 is 2.00 bits per heavy atom. The number of fused-ring (bicyclic) bond motifs is 1. The molecule has 0 bridgehead atoms. The number of rotatable bonds is 0. The molecular formula is C7H5N2S. The number of benzene rings is 1. The van der Waals surface area contributed by atoms with Gasteiger partial charge in [0.15, 0.2) is 0 Å². The van der Waals surface area contributed by atoms with Crippen molar-refractivity contribution < 1.29 is 0 Å². The van der Waals surface area contributed by atoms with Crippen molar-refractivity contribution in [2.24, 2.45) is 0 Å². The summed E-state index contributed by atoms with van der Waals surface area (Å²) in [6, 6.07) is 5.80. The molecule has 1 aromatic carbocycles. The highest BCUT2D eigenvalue weighted by molar-refractivity contribution is 7.00. The molecule has 2 nitrogen and oxygen atoms in total. The molecule has 0 aliphatic heterocycles. The van der Waals surface area contributed by atoms with Crippen molar-refractivity contribution in [1.82, 2.24) is 8.75 Å². The number of nitrogens with zero attached hydrogens (tertiary/aromatic N) is 2. The first-order valence-electron chi connectivity index (χ1n) is 2.90. The zero-order chi connectivity index (χ0) is 6.97. The van der Waals surface area contributed by atoms with Gasteiger partial charge in [0.2, 0.25) is 0 Å². The summed E-state index contributed by atoms with van der Waals surface area (Å²) in [6.45, 7) is 3.79. The van der Waals surface area contributed by atoms with Gasteiger partial charge in [-0.15, -0.1) is 0 Å². The fourth-order valence-electron chi connectivity index (χ4n) is 0.828. The lowest BCUT2D eigenvalue weighted by Crippen LogP contribution is -1.71. The Morgan fingerprint density at radius 1 is 1.20 bits per heavy atom. The van der Waals surface area contributed by atoms with Crippen LogP contribution in [0.1, 0.15) is 5.56 Å². The Balaban J connectivity index is 2.86. The molecule has 49 valence electrons. The van der Waals surface area contributed by atoms with Crippen LogP contribution >= 0.6 is 11.7 Å². The Hall–Kier alpha value is -0.960. The molecule has 3 heteroatoms. The van der Waals surface area contributed by atoms with Crippen LogP contribution in [0.2, 0.25) is 0 Å². The van der Waals surface area contributed by atoms with Crippen LogP contribution in [-0.2, 0) is 0 Å². The minimum atomic E-state index is 0.942. The molecule has 2 aromatic rings. The van der Waals surface area contributed by atoms with E-state index in [-0.39, 0.29) is 0 Å². The van der Waals surface area contributed by atoms with Gasteiger partial charge in [-0.05, 0) is 24.6 Å². The Bertz CT molecular complexity index is 353. The average molecular weight is 149 g/mol. The maximum Gasteiger partial charge on any atom is 0.105 e. The fraction of sp³-hybridized carbons (Fsp3) is 0. The zero-order valence-corrected chi connectivity index (χ0v) is 6.06. The van der Waals surface area contributed by atoms with Crippen LogP contribution in [0, 0.1) is 6.92 Å². The van der Waals surface area contributed by atoms with Crippen molar-refractivity contribution in [1.29, 1.82) is 0 Å². The minimum absolute atomic E-state index is 0.942. The summed E-state index contributed by atoms with van der Waals surface area (Å²) >= 11 is 1.23. The number of hydrogen-bond acceptors (Lipinski definition) is 3. The maximum atomic E-state index is 4.07. The molecule has 2 rings (SSSR count). The second-order valence-electron chi connectivity index (χ2n) is 2.09. The fourth-order valence-corrected chi connectivity index (χ4v) is 1.35. The molecule has 1 radical (unpaired) electrons. The molecule has 0 atom stereocenters. The highest BCUT2D eigenvalue weighted by Crippen LogP contribution is 2.11. The lowest BCUT2D eigenvalue weighted by atomic mass is 10.2. The predicted molar refractivity (Wildman–Crippen MR) is 41.9 cm³/mol. The second-order valence-corrected chi connectivity index (χ2v) is 2.62. The van der Waals surface area contributed by atoms with E-state index in [0.717, 1.165) is 16.6 Å². The minimum Gasteiger partial charge on any atom is -0.173 e. The first-order valence-corrected chi connectivity index (χ1v) is 3.63. The molecule has 0 saturated heterocycles. The highest BCUT2D eigenvalue weighted by Gasteiger charge is 1.95. The maximum absolute atomic E-state index is 4.07.